The molecule has 35 heavy (non-hydrogen) atoms. The number of benzene rings is 2. The first kappa shape index (κ1) is 22.7. The first-order chi connectivity index (χ1) is 16.7. The van der Waals surface area contributed by atoms with Crippen molar-refractivity contribution in [1.82, 2.24) is 14.8 Å². The highest BCUT2D eigenvalue weighted by Crippen LogP contribution is 2.34. The number of hydrogen-bond donors (Lipinski definition) is 2. The van der Waals surface area contributed by atoms with Crippen molar-refractivity contribution in [2.45, 2.75) is 32.5 Å². The molecule has 2 aliphatic heterocycles. The van der Waals surface area contributed by atoms with Crippen molar-refractivity contribution in [3.8, 4) is 5.75 Å². The highest BCUT2D eigenvalue weighted by Gasteiger charge is 2.38. The summed E-state index contributed by atoms with van der Waals surface area (Å²) in [5, 5.41) is 13.1. The van der Waals surface area contributed by atoms with Crippen LogP contribution in [0.1, 0.15) is 49.1 Å². The van der Waals surface area contributed by atoms with Crippen LogP contribution in [-0.2, 0) is 19.5 Å². The Kier molecular flexibility index (Phi) is 5.38. The second-order valence-corrected chi connectivity index (χ2v) is 8.79. The monoisotopic (exact) mass is 483 g/mol. The lowest BCUT2D eigenvalue weighted by atomic mass is 10.0. The summed E-state index contributed by atoms with van der Waals surface area (Å²) in [6.45, 7) is 1.53. The second kappa shape index (κ2) is 8.30. The van der Waals surface area contributed by atoms with Crippen LogP contribution in [0.4, 0.5) is 13.2 Å². The maximum atomic E-state index is 14.3. The van der Waals surface area contributed by atoms with Gasteiger partial charge in [0.2, 0.25) is 5.43 Å². The molecule has 3 aromatic rings. The summed E-state index contributed by atoms with van der Waals surface area (Å²) in [6.07, 6.45) is 1.37. The summed E-state index contributed by atoms with van der Waals surface area (Å²) in [6, 6.07) is 6.29. The van der Waals surface area contributed by atoms with E-state index in [1.807, 2.05) is 0 Å². The van der Waals surface area contributed by atoms with Crippen LogP contribution in [-0.4, -0.2) is 32.9 Å². The van der Waals surface area contributed by atoms with E-state index in [2.05, 4.69) is 5.32 Å². The van der Waals surface area contributed by atoms with Crippen molar-refractivity contribution in [3.05, 3.63) is 97.7 Å². The molecule has 1 atom stereocenters. The van der Waals surface area contributed by atoms with E-state index in [-0.39, 0.29) is 37.3 Å². The molecular weight excluding hydrogens is 463 g/mol. The van der Waals surface area contributed by atoms with Crippen LogP contribution in [0, 0.1) is 24.4 Å². The van der Waals surface area contributed by atoms with Crippen LogP contribution in [0.3, 0.4) is 0 Å². The van der Waals surface area contributed by atoms with E-state index in [0.29, 0.717) is 16.7 Å². The number of nitrogens with zero attached hydrogens (tertiary/aromatic N) is 2. The number of fused-ring (bicyclic) bond motifs is 5. The van der Waals surface area contributed by atoms with Crippen molar-refractivity contribution >= 4 is 11.8 Å². The zero-order chi connectivity index (χ0) is 25.0. The summed E-state index contributed by atoms with van der Waals surface area (Å²) in [7, 11) is 0. The van der Waals surface area contributed by atoms with Gasteiger partial charge in [-0.15, -0.1) is 0 Å². The fourth-order valence-corrected chi connectivity index (χ4v) is 4.70. The van der Waals surface area contributed by atoms with Gasteiger partial charge in [0.15, 0.2) is 23.1 Å². The molecule has 2 N–H and O–H groups in total. The molecule has 0 radical (unpaired) electrons. The third-order valence-electron chi connectivity index (χ3n) is 6.54. The zero-order valence-corrected chi connectivity index (χ0v) is 18.6. The lowest BCUT2D eigenvalue weighted by molar-refractivity contribution is 0.0653. The molecule has 2 aromatic carbocycles. The molecule has 2 amide bonds. The molecule has 3 heterocycles. The van der Waals surface area contributed by atoms with Gasteiger partial charge in [0.1, 0.15) is 11.4 Å². The van der Waals surface area contributed by atoms with Crippen molar-refractivity contribution in [3.63, 3.8) is 0 Å². The molecular formula is C25H20F3N3O4. The Morgan fingerprint density at radius 2 is 1.86 bits per heavy atom. The lowest BCUT2D eigenvalue weighted by Crippen LogP contribution is -2.44. The highest BCUT2D eigenvalue weighted by molar-refractivity contribution is 5.99. The van der Waals surface area contributed by atoms with Gasteiger partial charge in [0.25, 0.3) is 11.8 Å². The molecule has 5 rings (SSSR count). The molecule has 10 heteroatoms. The molecule has 0 aliphatic carbocycles. The first-order valence-electron chi connectivity index (χ1n) is 10.9. The minimum Gasteiger partial charge on any atom is -0.503 e. The van der Waals surface area contributed by atoms with E-state index in [9.17, 15) is 32.7 Å². The standard InChI is InChI=1S/C25H20F3N3O4/c1-12-3-2-4-13(20(12)28)8-29-24(34)17-11-31-16-5-14-6-18(26)19(27)7-15(14)9-30(10-16)25(35)21(31)23(33)22(17)32/h2-4,6-7,11,16,33H,5,8-10H2,1H3,(H,29,34). The van der Waals surface area contributed by atoms with Crippen molar-refractivity contribution in [2.24, 2.45) is 0 Å². The van der Waals surface area contributed by atoms with Gasteiger partial charge in [0.05, 0.1) is 6.04 Å². The molecule has 0 fully saturated rings. The molecule has 1 aromatic heterocycles. The minimum atomic E-state index is -1.04. The fourth-order valence-electron chi connectivity index (χ4n) is 4.70. The van der Waals surface area contributed by atoms with Crippen LogP contribution < -0.4 is 10.7 Å². The van der Waals surface area contributed by atoms with Crippen molar-refractivity contribution in [1.29, 1.82) is 0 Å². The summed E-state index contributed by atoms with van der Waals surface area (Å²) in [5.41, 5.74) is -0.223. The van der Waals surface area contributed by atoms with Gasteiger partial charge >= 0.3 is 0 Å². The highest BCUT2D eigenvalue weighted by atomic mass is 19.2. The number of aryl methyl sites for hydroxylation is 1. The SMILES string of the molecule is Cc1cccc(CNC(=O)c2cn3c(c(O)c2=O)C(=O)N2Cc4cc(F)c(F)cc4CC3C2)c1F. The summed E-state index contributed by atoms with van der Waals surface area (Å²) >= 11 is 0. The smallest absolute Gasteiger partial charge is 0.274 e. The van der Waals surface area contributed by atoms with Crippen LogP contribution >= 0.6 is 0 Å². The van der Waals surface area contributed by atoms with Gasteiger partial charge in [-0.3, -0.25) is 14.4 Å². The summed E-state index contributed by atoms with van der Waals surface area (Å²) in [5.74, 6) is -4.94. The molecule has 180 valence electrons. The third kappa shape index (κ3) is 3.74. The Morgan fingerprint density at radius 3 is 2.60 bits per heavy atom. The van der Waals surface area contributed by atoms with Gasteiger partial charge < -0.3 is 19.9 Å². The molecule has 1 unspecified atom stereocenters. The van der Waals surface area contributed by atoms with Crippen molar-refractivity contribution < 1.29 is 27.9 Å². The molecule has 0 spiro atoms. The van der Waals surface area contributed by atoms with E-state index >= 15 is 0 Å². The Labute approximate surface area is 197 Å². The number of aromatic hydroxyl groups is 1. The first-order valence-corrected chi connectivity index (χ1v) is 10.9. The Morgan fingerprint density at radius 1 is 1.14 bits per heavy atom. The van der Waals surface area contributed by atoms with Gasteiger partial charge in [-0.05, 0) is 42.2 Å². The molecule has 0 saturated carbocycles. The lowest BCUT2D eigenvalue weighted by Gasteiger charge is -2.34. The number of halogens is 3. The Balaban J connectivity index is 1.52. The van der Waals surface area contributed by atoms with Crippen LogP contribution in [0.25, 0.3) is 0 Å². The van der Waals surface area contributed by atoms with Gasteiger partial charge in [-0.1, -0.05) is 18.2 Å². The normalized spacial score (nSPS) is 16.4. The third-order valence-corrected chi connectivity index (χ3v) is 6.54. The van der Waals surface area contributed by atoms with Crippen LogP contribution in [0.5, 0.6) is 5.75 Å². The summed E-state index contributed by atoms with van der Waals surface area (Å²) in [4.78, 5) is 40.1. The van der Waals surface area contributed by atoms with Gasteiger partial charge in [0, 0.05) is 31.4 Å². The largest absolute Gasteiger partial charge is 0.503 e. The maximum absolute atomic E-state index is 14.3. The topological polar surface area (TPSA) is 91.6 Å². The van der Waals surface area contributed by atoms with E-state index in [0.717, 1.165) is 12.1 Å². The molecule has 0 saturated heterocycles. The average Bonchev–Trinajstić information content (AvgIpc) is 2.98. The number of carbonyl (C=O) groups excluding carboxylic acids is 2. The van der Waals surface area contributed by atoms with Gasteiger partial charge in [-0.25, -0.2) is 13.2 Å². The quantitative estimate of drug-likeness (QED) is 0.599. The fraction of sp³-hybridized carbons (Fsp3) is 0.240. The molecule has 7 nitrogen and oxygen atoms in total. The average molecular weight is 483 g/mol. The van der Waals surface area contributed by atoms with E-state index in [1.54, 1.807) is 19.1 Å². The molecule has 2 bridgehead atoms. The number of amides is 2. The van der Waals surface area contributed by atoms with E-state index in [4.69, 9.17) is 0 Å². The number of rotatable bonds is 3. The number of pyridine rings is 1. The number of aromatic nitrogens is 1. The minimum absolute atomic E-state index is 0.0141. The summed E-state index contributed by atoms with van der Waals surface area (Å²) < 4.78 is 43.3. The number of carbonyl (C=O) groups is 2. The van der Waals surface area contributed by atoms with E-state index < -0.39 is 52.0 Å². The predicted octanol–water partition coefficient (Wildman–Crippen LogP) is 2.96. The Bertz CT molecular complexity index is 1470. The van der Waals surface area contributed by atoms with E-state index in [1.165, 1.54) is 21.7 Å². The van der Waals surface area contributed by atoms with Crippen molar-refractivity contribution in [2.75, 3.05) is 6.54 Å². The molecule has 2 aliphatic rings. The van der Waals surface area contributed by atoms with Crippen LogP contribution in [0.15, 0.2) is 41.3 Å². The number of hydrogen-bond acceptors (Lipinski definition) is 4. The Hall–Kier alpha value is -4.08. The second-order valence-electron chi connectivity index (χ2n) is 8.79. The van der Waals surface area contributed by atoms with Crippen LogP contribution in [0.2, 0.25) is 0 Å². The zero-order valence-electron chi connectivity index (χ0n) is 18.6. The predicted molar refractivity (Wildman–Crippen MR) is 119 cm³/mol. The number of nitrogens with one attached hydrogen (secondary N) is 1. The maximum Gasteiger partial charge on any atom is 0.274 e. The van der Waals surface area contributed by atoms with Gasteiger partial charge in [-0.2, -0.15) is 0 Å².